The highest BCUT2D eigenvalue weighted by atomic mass is 16.6. The van der Waals surface area contributed by atoms with E-state index in [-0.39, 0.29) is 23.0 Å². The van der Waals surface area contributed by atoms with Crippen LogP contribution in [-0.2, 0) is 23.1 Å². The molecule has 0 amide bonds. The van der Waals surface area contributed by atoms with E-state index in [9.17, 15) is 14.9 Å². The lowest BCUT2D eigenvalue weighted by Gasteiger charge is -2.22. The predicted octanol–water partition coefficient (Wildman–Crippen LogP) is 4.25. The van der Waals surface area contributed by atoms with Crippen LogP contribution in [0.15, 0.2) is 48.7 Å². The number of hydrogen-bond donors (Lipinski definition) is 2. The van der Waals surface area contributed by atoms with Gasteiger partial charge in [0.2, 0.25) is 5.95 Å². The lowest BCUT2D eigenvalue weighted by molar-refractivity contribution is -0.384. The first kappa shape index (κ1) is 30.4. The van der Waals surface area contributed by atoms with Gasteiger partial charge >= 0.3 is 5.97 Å². The van der Waals surface area contributed by atoms with Crippen LogP contribution in [0.1, 0.15) is 17.7 Å². The van der Waals surface area contributed by atoms with Crippen molar-refractivity contribution in [1.82, 2.24) is 24.8 Å². The molecular formula is C30H38N8O4. The quantitative estimate of drug-likeness (QED) is 0.103. The van der Waals surface area contributed by atoms with Crippen LogP contribution in [0.4, 0.5) is 23.0 Å². The molecule has 0 spiro atoms. The van der Waals surface area contributed by atoms with Crippen LogP contribution in [0.2, 0.25) is 0 Å². The fourth-order valence-corrected chi connectivity index (χ4v) is 4.86. The largest absolute Gasteiger partial charge is 0.469 e. The molecule has 0 fully saturated rings. The summed E-state index contributed by atoms with van der Waals surface area (Å²) in [6.07, 6.45) is 1.95. The van der Waals surface area contributed by atoms with Crippen molar-refractivity contribution >= 4 is 39.9 Å². The van der Waals surface area contributed by atoms with Gasteiger partial charge in [-0.05, 0) is 44.8 Å². The Morgan fingerprint density at radius 3 is 2.62 bits per heavy atom. The highest BCUT2D eigenvalue weighted by Gasteiger charge is 2.22. The molecular weight excluding hydrogens is 536 g/mol. The van der Waals surface area contributed by atoms with Crippen LogP contribution in [0.25, 0.3) is 22.2 Å². The third-order valence-electron chi connectivity index (χ3n) is 7.22. The normalized spacial score (nSPS) is 11.2. The SMILES string of the molecule is COC(=O)CCNCc1c(-c2ccnc(Nc3cc([N+](=O)[O-])c(N(C)CCN(C)C)cc3C)n2)c2ccccc2n1C. The Labute approximate surface area is 245 Å². The fourth-order valence-electron chi connectivity index (χ4n) is 4.86. The number of fused-ring (bicyclic) bond motifs is 1. The maximum atomic E-state index is 12.0. The van der Waals surface area contributed by atoms with Gasteiger partial charge in [0.1, 0.15) is 5.69 Å². The summed E-state index contributed by atoms with van der Waals surface area (Å²) in [7, 11) is 9.18. The zero-order chi connectivity index (χ0) is 30.4. The average molecular weight is 575 g/mol. The van der Waals surface area contributed by atoms with Crippen molar-refractivity contribution < 1.29 is 14.5 Å². The number of hydrogen-bond acceptors (Lipinski definition) is 10. The zero-order valence-electron chi connectivity index (χ0n) is 25.0. The minimum Gasteiger partial charge on any atom is -0.469 e. The first-order valence-electron chi connectivity index (χ1n) is 13.7. The van der Waals surface area contributed by atoms with E-state index in [0.29, 0.717) is 42.7 Å². The number of likely N-dealkylation sites (N-methyl/N-ethyl adjacent to an activating group) is 2. The molecule has 2 aromatic carbocycles. The lowest BCUT2D eigenvalue weighted by Crippen LogP contribution is -2.29. The summed E-state index contributed by atoms with van der Waals surface area (Å²) < 4.78 is 6.86. The van der Waals surface area contributed by atoms with Gasteiger partial charge in [-0.3, -0.25) is 14.9 Å². The molecule has 4 aromatic rings. The number of aryl methyl sites for hydroxylation is 2. The molecule has 2 N–H and O–H groups in total. The van der Waals surface area contributed by atoms with Gasteiger partial charge in [0.25, 0.3) is 5.69 Å². The molecule has 0 aliphatic carbocycles. The number of anilines is 3. The van der Waals surface area contributed by atoms with Gasteiger partial charge in [0.15, 0.2) is 0 Å². The number of aromatic nitrogens is 3. The van der Waals surface area contributed by atoms with Crippen LogP contribution in [0.5, 0.6) is 0 Å². The number of ether oxygens (including phenoxy) is 1. The molecule has 2 heterocycles. The third kappa shape index (κ3) is 6.84. The molecule has 0 radical (unpaired) electrons. The van der Waals surface area contributed by atoms with Crippen LogP contribution in [-0.4, -0.2) is 78.2 Å². The Bertz CT molecular complexity index is 1580. The van der Waals surface area contributed by atoms with Crippen LogP contribution < -0.4 is 15.5 Å². The van der Waals surface area contributed by atoms with Crippen molar-refractivity contribution in [2.45, 2.75) is 19.9 Å². The first-order valence-corrected chi connectivity index (χ1v) is 13.7. The summed E-state index contributed by atoms with van der Waals surface area (Å²) in [4.78, 5) is 36.4. The molecule has 0 saturated carbocycles. The number of nitro benzene ring substituents is 1. The smallest absolute Gasteiger partial charge is 0.306 e. The summed E-state index contributed by atoms with van der Waals surface area (Å²) in [6.45, 7) is 4.31. The summed E-state index contributed by atoms with van der Waals surface area (Å²) in [5, 5.41) is 19.6. The molecule has 0 saturated heterocycles. The van der Waals surface area contributed by atoms with Crippen molar-refractivity contribution in [2.24, 2.45) is 7.05 Å². The number of nitrogens with one attached hydrogen (secondary N) is 2. The highest BCUT2D eigenvalue weighted by Crippen LogP contribution is 2.36. The minimum absolute atomic E-state index is 0.00915. The summed E-state index contributed by atoms with van der Waals surface area (Å²) in [5.41, 5.74) is 5.67. The van der Waals surface area contributed by atoms with Gasteiger partial charge in [-0.25, -0.2) is 9.97 Å². The molecule has 0 aliphatic rings. The Morgan fingerprint density at radius 2 is 1.90 bits per heavy atom. The highest BCUT2D eigenvalue weighted by molar-refractivity contribution is 5.97. The molecule has 222 valence electrons. The van der Waals surface area contributed by atoms with Crippen molar-refractivity contribution in [3.05, 3.63) is 70.0 Å². The number of rotatable bonds is 13. The number of esters is 1. The number of nitro groups is 1. The Hall–Kier alpha value is -4.55. The first-order chi connectivity index (χ1) is 20.1. The summed E-state index contributed by atoms with van der Waals surface area (Å²) >= 11 is 0. The van der Waals surface area contributed by atoms with Gasteiger partial charge in [-0.15, -0.1) is 0 Å². The second-order valence-electron chi connectivity index (χ2n) is 10.4. The van der Waals surface area contributed by atoms with Gasteiger partial charge in [0.05, 0.1) is 29.8 Å². The van der Waals surface area contributed by atoms with E-state index in [1.54, 1.807) is 12.3 Å². The minimum atomic E-state index is -0.362. The fraction of sp³-hybridized carbons (Fsp3) is 0.367. The van der Waals surface area contributed by atoms with Gasteiger partial charge < -0.3 is 29.7 Å². The monoisotopic (exact) mass is 574 g/mol. The second kappa shape index (κ2) is 13.4. The van der Waals surface area contributed by atoms with E-state index in [2.05, 4.69) is 32.3 Å². The van der Waals surface area contributed by atoms with Crippen molar-refractivity contribution in [3.8, 4) is 11.3 Å². The molecule has 12 nitrogen and oxygen atoms in total. The number of benzene rings is 2. The number of nitrogens with zero attached hydrogens (tertiary/aromatic N) is 6. The van der Waals surface area contributed by atoms with E-state index in [1.807, 2.05) is 69.2 Å². The third-order valence-corrected chi connectivity index (χ3v) is 7.22. The molecule has 0 atom stereocenters. The van der Waals surface area contributed by atoms with E-state index in [4.69, 9.17) is 9.72 Å². The topological polar surface area (TPSA) is 131 Å². The molecule has 12 heteroatoms. The Balaban J connectivity index is 1.67. The van der Waals surface area contributed by atoms with E-state index in [0.717, 1.165) is 34.3 Å². The van der Waals surface area contributed by atoms with Crippen LogP contribution in [0, 0.1) is 17.0 Å². The lowest BCUT2D eigenvalue weighted by atomic mass is 10.1. The zero-order valence-corrected chi connectivity index (χ0v) is 25.0. The average Bonchev–Trinajstić information content (AvgIpc) is 3.25. The van der Waals surface area contributed by atoms with Crippen molar-refractivity contribution in [2.75, 3.05) is 58.1 Å². The molecule has 4 rings (SSSR count). The molecule has 0 bridgehead atoms. The van der Waals surface area contributed by atoms with E-state index >= 15 is 0 Å². The van der Waals surface area contributed by atoms with Gasteiger partial charge in [-0.1, -0.05) is 18.2 Å². The van der Waals surface area contributed by atoms with Gasteiger partial charge in [-0.2, -0.15) is 0 Å². The summed E-state index contributed by atoms with van der Waals surface area (Å²) in [6, 6.07) is 13.3. The van der Waals surface area contributed by atoms with Crippen molar-refractivity contribution in [1.29, 1.82) is 0 Å². The molecule has 0 aliphatic heterocycles. The van der Waals surface area contributed by atoms with Crippen LogP contribution >= 0.6 is 0 Å². The second-order valence-corrected chi connectivity index (χ2v) is 10.4. The van der Waals surface area contributed by atoms with E-state index < -0.39 is 0 Å². The molecule has 2 aromatic heterocycles. The molecule has 42 heavy (non-hydrogen) atoms. The molecule has 0 unspecified atom stereocenters. The van der Waals surface area contributed by atoms with Crippen molar-refractivity contribution in [3.63, 3.8) is 0 Å². The number of carbonyl (C=O) groups is 1. The Kier molecular flexibility index (Phi) is 9.71. The summed E-state index contributed by atoms with van der Waals surface area (Å²) in [5.74, 6) is 0.0613. The number of carbonyl (C=O) groups excluding carboxylic acids is 1. The standard InChI is InChI=1S/C30H38N8O4/c1-20-17-25(36(4)16-15-35(2)3)26(38(40)41)18-23(20)34-30-32-14-11-22(33-30)29-21-9-7-8-10-24(21)37(5)27(29)19-31-13-12-28(39)42-6/h7-11,14,17-18,31H,12-13,15-16,19H2,1-6H3,(H,32,33,34). The van der Waals surface area contributed by atoms with Crippen LogP contribution in [0.3, 0.4) is 0 Å². The van der Waals surface area contributed by atoms with E-state index in [1.165, 1.54) is 7.11 Å². The predicted molar refractivity (Wildman–Crippen MR) is 165 cm³/mol. The maximum Gasteiger partial charge on any atom is 0.306 e. The number of para-hydroxylation sites is 1. The maximum absolute atomic E-state index is 12.0. The Morgan fingerprint density at radius 1 is 1.14 bits per heavy atom. The van der Waals surface area contributed by atoms with Gasteiger partial charge in [0, 0.05) is 74.7 Å². The number of methoxy groups -OCH3 is 1.